The van der Waals surface area contributed by atoms with Crippen LogP contribution in [0.5, 0.6) is 0 Å². The van der Waals surface area contributed by atoms with E-state index >= 15 is 0 Å². The Morgan fingerprint density at radius 1 is 0.972 bits per heavy atom. The highest BCUT2D eigenvalue weighted by molar-refractivity contribution is 6.40. The van der Waals surface area contributed by atoms with E-state index in [1.807, 2.05) is 41.5 Å². The van der Waals surface area contributed by atoms with Gasteiger partial charge in [-0.15, -0.1) is 23.2 Å². The number of halogens is 2. The van der Waals surface area contributed by atoms with E-state index in [-0.39, 0.29) is 17.2 Å². The van der Waals surface area contributed by atoms with Crippen LogP contribution in [0.2, 0.25) is 0 Å². The highest BCUT2D eigenvalue weighted by atomic mass is 35.5. The maximum atomic E-state index is 13.5. The van der Waals surface area contributed by atoms with Crippen molar-refractivity contribution in [3.63, 3.8) is 0 Å². The van der Waals surface area contributed by atoms with Gasteiger partial charge in [-0.3, -0.25) is 19.2 Å². The quantitative estimate of drug-likeness (QED) is 0.270. The number of nitrogens with one attached hydrogen (secondary N) is 3. The Morgan fingerprint density at radius 2 is 1.53 bits per heavy atom. The first kappa shape index (κ1) is 32.0. The van der Waals surface area contributed by atoms with Crippen molar-refractivity contribution >= 4 is 52.7 Å². The molecule has 206 valence electrons. The first-order valence-electron chi connectivity index (χ1n) is 12.2. The van der Waals surface area contributed by atoms with Crippen molar-refractivity contribution in [1.82, 2.24) is 20.9 Å². The first-order valence-corrected chi connectivity index (χ1v) is 13.2. The van der Waals surface area contributed by atoms with Crippen LogP contribution < -0.4 is 21.7 Å². The minimum atomic E-state index is -1.08. The number of nitrogens with zero attached hydrogens (tertiary/aromatic N) is 1. The summed E-state index contributed by atoms with van der Waals surface area (Å²) >= 11 is 9.53. The van der Waals surface area contributed by atoms with E-state index in [9.17, 15) is 24.0 Å². The van der Waals surface area contributed by atoms with Crippen LogP contribution in [-0.2, 0) is 19.2 Å². The van der Waals surface area contributed by atoms with Gasteiger partial charge in [-0.05, 0) is 51.4 Å². The van der Waals surface area contributed by atoms with Crippen LogP contribution in [0, 0.1) is 11.3 Å². The third-order valence-corrected chi connectivity index (χ3v) is 5.86. The molecule has 1 saturated heterocycles. The topological polar surface area (TPSA) is 151 Å². The van der Waals surface area contributed by atoms with Gasteiger partial charge in [0.15, 0.2) is 0 Å². The van der Waals surface area contributed by atoms with Gasteiger partial charge in [0, 0.05) is 12.1 Å². The van der Waals surface area contributed by atoms with Gasteiger partial charge in [0.05, 0.1) is 11.4 Å². The summed E-state index contributed by atoms with van der Waals surface area (Å²) in [5, 5.41) is 8.42. The molecular formula is C24H41Cl2N5O5. The maximum Gasteiger partial charge on any atom is 0.315 e. The zero-order valence-corrected chi connectivity index (χ0v) is 23.6. The Balaban J connectivity index is 0.00000205. The fraction of sp³-hybridized carbons (Fsp3) is 0.792. The molecule has 5 amide bonds. The van der Waals surface area contributed by atoms with Crippen LogP contribution in [0.25, 0.3) is 0 Å². The summed E-state index contributed by atoms with van der Waals surface area (Å²) in [4.78, 5) is 64.2. The van der Waals surface area contributed by atoms with Crippen molar-refractivity contribution in [1.29, 1.82) is 0 Å². The normalized spacial score (nSPS) is 19.3. The SMILES string of the molecule is CC(C)(C)NC(=O)NC(C(=O)N1CCCC1C(=O)NC(CC1CC1)C(=O)C(N)=O)C(C)(C)C.ClCCl. The van der Waals surface area contributed by atoms with Gasteiger partial charge >= 0.3 is 6.03 Å². The number of primary amides is 1. The number of hydrogen-bond donors (Lipinski definition) is 4. The molecule has 1 aliphatic heterocycles. The van der Waals surface area contributed by atoms with E-state index in [0.717, 1.165) is 12.8 Å². The molecule has 5 N–H and O–H groups in total. The van der Waals surface area contributed by atoms with E-state index in [1.54, 1.807) is 0 Å². The molecule has 10 nitrogen and oxygen atoms in total. The molecule has 1 aliphatic carbocycles. The number of carbonyl (C=O) groups is 5. The summed E-state index contributed by atoms with van der Waals surface area (Å²) in [7, 11) is 0. The van der Waals surface area contributed by atoms with Crippen molar-refractivity contribution in [3.8, 4) is 0 Å². The molecule has 2 fully saturated rings. The highest BCUT2D eigenvalue weighted by Crippen LogP contribution is 2.34. The van der Waals surface area contributed by atoms with Gasteiger partial charge in [0.1, 0.15) is 12.1 Å². The third-order valence-electron chi connectivity index (χ3n) is 5.86. The minimum absolute atomic E-state index is 0.194. The van der Waals surface area contributed by atoms with Crippen LogP contribution in [0.1, 0.15) is 73.6 Å². The molecule has 1 heterocycles. The van der Waals surface area contributed by atoms with Crippen molar-refractivity contribution in [2.45, 2.75) is 97.3 Å². The summed E-state index contributed by atoms with van der Waals surface area (Å²) in [5.74, 6) is -2.45. The summed E-state index contributed by atoms with van der Waals surface area (Å²) < 4.78 is 0. The molecule has 0 bridgehead atoms. The van der Waals surface area contributed by atoms with Gasteiger partial charge < -0.3 is 26.6 Å². The lowest BCUT2D eigenvalue weighted by Crippen LogP contribution is -2.61. The molecule has 3 unspecified atom stereocenters. The third kappa shape index (κ3) is 10.5. The van der Waals surface area contributed by atoms with Crippen LogP contribution in [0.3, 0.4) is 0 Å². The molecular weight excluding hydrogens is 509 g/mol. The molecule has 2 aliphatic rings. The van der Waals surface area contributed by atoms with Crippen LogP contribution in [0.4, 0.5) is 4.79 Å². The number of carbonyl (C=O) groups excluding carboxylic acids is 5. The summed E-state index contributed by atoms with van der Waals surface area (Å²) in [5.41, 5.74) is 4.08. The Hall–Kier alpha value is -2.07. The monoisotopic (exact) mass is 549 g/mol. The number of ketones is 1. The van der Waals surface area contributed by atoms with Crippen molar-refractivity contribution in [2.24, 2.45) is 17.1 Å². The van der Waals surface area contributed by atoms with Gasteiger partial charge in [0.2, 0.25) is 17.6 Å². The number of amides is 5. The maximum absolute atomic E-state index is 13.5. The van der Waals surface area contributed by atoms with Gasteiger partial charge in [-0.1, -0.05) is 33.6 Å². The van der Waals surface area contributed by atoms with E-state index in [1.165, 1.54) is 4.90 Å². The lowest BCUT2D eigenvalue weighted by atomic mass is 9.85. The largest absolute Gasteiger partial charge is 0.363 e. The fourth-order valence-corrected chi connectivity index (χ4v) is 3.98. The molecule has 2 rings (SSSR count). The van der Waals surface area contributed by atoms with Crippen molar-refractivity contribution < 1.29 is 24.0 Å². The van der Waals surface area contributed by atoms with E-state index in [0.29, 0.717) is 25.8 Å². The summed E-state index contributed by atoms with van der Waals surface area (Å²) in [6, 6.07) is -3.08. The summed E-state index contributed by atoms with van der Waals surface area (Å²) in [6.07, 6.45) is 3.31. The number of likely N-dealkylation sites (tertiary alicyclic amines) is 1. The predicted octanol–water partition coefficient (Wildman–Crippen LogP) is 2.25. The van der Waals surface area contributed by atoms with Crippen molar-refractivity contribution in [2.75, 3.05) is 11.9 Å². The van der Waals surface area contributed by atoms with Crippen LogP contribution >= 0.6 is 23.2 Å². The molecule has 12 heteroatoms. The Bertz CT molecular complexity index is 821. The Labute approximate surface area is 223 Å². The molecule has 0 radical (unpaired) electrons. The predicted molar refractivity (Wildman–Crippen MR) is 139 cm³/mol. The van der Waals surface area contributed by atoms with Gasteiger partial charge in [-0.25, -0.2) is 4.79 Å². The Kier molecular flexibility index (Phi) is 12.0. The summed E-state index contributed by atoms with van der Waals surface area (Å²) in [6.45, 7) is 11.4. The average Bonchev–Trinajstić information content (AvgIpc) is 3.40. The van der Waals surface area contributed by atoms with Crippen LogP contribution in [0.15, 0.2) is 0 Å². The van der Waals surface area contributed by atoms with E-state index < -0.39 is 52.7 Å². The molecule has 0 aromatic heterocycles. The molecule has 0 aromatic carbocycles. The number of hydrogen-bond acceptors (Lipinski definition) is 5. The number of Topliss-reactive ketones (excluding diaryl/α,β-unsaturated/α-hetero) is 1. The fourth-order valence-electron chi connectivity index (χ4n) is 3.98. The van der Waals surface area contributed by atoms with Gasteiger partial charge in [-0.2, -0.15) is 0 Å². The van der Waals surface area contributed by atoms with Crippen LogP contribution in [-0.4, -0.2) is 70.0 Å². The zero-order chi connectivity index (χ0) is 27.8. The smallest absolute Gasteiger partial charge is 0.315 e. The lowest BCUT2D eigenvalue weighted by molar-refractivity contribution is -0.143. The lowest BCUT2D eigenvalue weighted by Gasteiger charge is -2.36. The van der Waals surface area contributed by atoms with E-state index in [2.05, 4.69) is 16.0 Å². The second-order valence-corrected chi connectivity index (χ2v) is 12.2. The first-order chi connectivity index (χ1) is 16.5. The second kappa shape index (κ2) is 13.5. The Morgan fingerprint density at radius 3 is 1.97 bits per heavy atom. The molecule has 3 atom stereocenters. The number of rotatable bonds is 8. The van der Waals surface area contributed by atoms with E-state index in [4.69, 9.17) is 28.9 Å². The second-order valence-electron chi connectivity index (χ2n) is 11.4. The minimum Gasteiger partial charge on any atom is -0.363 e. The molecule has 36 heavy (non-hydrogen) atoms. The van der Waals surface area contributed by atoms with Gasteiger partial charge in [0.25, 0.3) is 5.91 Å². The number of alkyl halides is 2. The van der Waals surface area contributed by atoms with Crippen molar-refractivity contribution in [3.05, 3.63) is 0 Å². The molecule has 0 aromatic rings. The highest BCUT2D eigenvalue weighted by Gasteiger charge is 2.43. The molecule has 0 spiro atoms. The molecule has 1 saturated carbocycles. The average molecular weight is 551 g/mol. The number of nitrogens with two attached hydrogens (primary N) is 1. The standard InChI is InChI=1S/C23H39N5O5.CH2Cl2/c1-22(2,3)17(26-21(33)27-23(4,5)6)20(32)28-11-7-8-15(28)19(31)25-14(12-13-9-10-13)16(29)18(24)30;2-1-3/h13-15,17H,7-12H2,1-6H3,(H2,24,30)(H,25,31)(H2,26,27,33);1H2. The number of urea groups is 1. The zero-order valence-electron chi connectivity index (χ0n) is 22.1.